The number of aliphatic hydroxyl groups is 1. The molecule has 0 radical (unpaired) electrons. The first-order valence-electron chi connectivity index (χ1n) is 5.66. The molecule has 0 saturated carbocycles. The van der Waals surface area contributed by atoms with Gasteiger partial charge in [-0.3, -0.25) is 4.68 Å². The Bertz CT molecular complexity index is 333. The molecule has 0 aliphatic carbocycles. The first-order chi connectivity index (χ1) is 8.20. The molecule has 0 aliphatic heterocycles. The molecule has 0 fully saturated rings. The van der Waals surface area contributed by atoms with Crippen molar-refractivity contribution in [2.45, 2.75) is 26.0 Å². The molecule has 1 heterocycles. The average molecular weight is 323 g/mol. The third-order valence-corrected chi connectivity index (χ3v) is 3.94. The highest BCUT2D eigenvalue weighted by molar-refractivity contribution is 9.10. The second kappa shape index (κ2) is 8.13. The zero-order valence-corrected chi connectivity index (χ0v) is 12.6. The number of aliphatic hydroxyl groups excluding tert-OH is 1. The molecule has 4 nitrogen and oxygen atoms in total. The van der Waals surface area contributed by atoms with E-state index in [9.17, 15) is 5.11 Å². The smallest absolute Gasteiger partial charge is 0.0976 e. The number of nitrogens with zero attached hydrogens (tertiary/aromatic N) is 2. The van der Waals surface area contributed by atoms with Gasteiger partial charge in [0.2, 0.25) is 0 Å². The van der Waals surface area contributed by atoms with Crippen LogP contribution in [-0.4, -0.2) is 40.1 Å². The summed E-state index contributed by atoms with van der Waals surface area (Å²) in [5.41, 5.74) is 0.846. The Balaban J connectivity index is 2.63. The highest BCUT2D eigenvalue weighted by atomic mass is 79.9. The molecule has 0 spiro atoms. The highest BCUT2D eigenvalue weighted by Gasteiger charge is 2.17. The summed E-state index contributed by atoms with van der Waals surface area (Å²) in [6.07, 6.45) is 2.00. The molecule has 0 amide bonds. The minimum absolute atomic E-state index is 0.470. The van der Waals surface area contributed by atoms with E-state index in [2.05, 4.69) is 28.0 Å². The van der Waals surface area contributed by atoms with Crippen LogP contribution in [0.1, 0.15) is 25.1 Å². The van der Waals surface area contributed by atoms with Crippen molar-refractivity contribution in [1.82, 2.24) is 9.78 Å². The summed E-state index contributed by atoms with van der Waals surface area (Å²) in [5.74, 6) is 2.04. The molecule has 0 aliphatic rings. The van der Waals surface area contributed by atoms with Gasteiger partial charge in [0.1, 0.15) is 0 Å². The second-order valence-corrected chi connectivity index (χ2v) is 5.84. The Morgan fingerprint density at radius 1 is 1.65 bits per heavy atom. The number of aromatic nitrogens is 2. The van der Waals surface area contributed by atoms with Gasteiger partial charge in [0.25, 0.3) is 0 Å². The molecule has 1 unspecified atom stereocenters. The third kappa shape index (κ3) is 4.62. The number of ether oxygens (including phenoxy) is 1. The van der Waals surface area contributed by atoms with Crippen LogP contribution in [0.4, 0.5) is 0 Å². The zero-order chi connectivity index (χ0) is 12.7. The fourth-order valence-electron chi connectivity index (χ4n) is 1.54. The Morgan fingerprint density at radius 3 is 3.06 bits per heavy atom. The van der Waals surface area contributed by atoms with Crippen molar-refractivity contribution in [3.05, 3.63) is 16.4 Å². The maximum atomic E-state index is 10.2. The van der Waals surface area contributed by atoms with Crippen molar-refractivity contribution in [2.24, 2.45) is 0 Å². The van der Waals surface area contributed by atoms with Crippen LogP contribution in [0.5, 0.6) is 0 Å². The fraction of sp³-hybridized carbons (Fsp3) is 0.727. The molecular weight excluding hydrogens is 304 g/mol. The van der Waals surface area contributed by atoms with Gasteiger partial charge < -0.3 is 9.84 Å². The van der Waals surface area contributed by atoms with Gasteiger partial charge in [-0.25, -0.2) is 0 Å². The van der Waals surface area contributed by atoms with Crippen LogP contribution in [0.2, 0.25) is 0 Å². The van der Waals surface area contributed by atoms with Crippen LogP contribution in [0.15, 0.2) is 10.7 Å². The lowest BCUT2D eigenvalue weighted by Gasteiger charge is -2.13. The summed E-state index contributed by atoms with van der Waals surface area (Å²) >= 11 is 5.26. The summed E-state index contributed by atoms with van der Waals surface area (Å²) in [4.78, 5) is 0. The normalized spacial score (nSPS) is 12.9. The van der Waals surface area contributed by atoms with Crippen molar-refractivity contribution in [2.75, 3.05) is 25.2 Å². The van der Waals surface area contributed by atoms with Crippen LogP contribution in [0.25, 0.3) is 0 Å². The van der Waals surface area contributed by atoms with Crippen LogP contribution >= 0.6 is 27.7 Å². The van der Waals surface area contributed by atoms with Crippen molar-refractivity contribution in [3.63, 3.8) is 0 Å². The molecule has 0 bridgehead atoms. The molecular formula is C11H19BrN2O2S. The zero-order valence-electron chi connectivity index (χ0n) is 10.2. The van der Waals surface area contributed by atoms with Crippen molar-refractivity contribution < 1.29 is 9.84 Å². The van der Waals surface area contributed by atoms with Crippen molar-refractivity contribution in [3.8, 4) is 0 Å². The Hall–Kier alpha value is -0.0400. The predicted octanol–water partition coefficient (Wildman–Crippen LogP) is 2.47. The van der Waals surface area contributed by atoms with Gasteiger partial charge >= 0.3 is 0 Å². The predicted molar refractivity (Wildman–Crippen MR) is 74.4 cm³/mol. The quantitative estimate of drug-likeness (QED) is 0.747. The second-order valence-electron chi connectivity index (χ2n) is 3.60. The number of thioether (sulfide) groups is 1. The summed E-state index contributed by atoms with van der Waals surface area (Å²) in [5, 5.41) is 14.4. The fourth-order valence-corrected chi connectivity index (χ4v) is 2.77. The number of hydrogen-bond acceptors (Lipinski definition) is 4. The van der Waals surface area contributed by atoms with Crippen molar-refractivity contribution in [1.29, 1.82) is 0 Å². The molecule has 1 aromatic heterocycles. The van der Waals surface area contributed by atoms with Gasteiger partial charge in [0.05, 0.1) is 35.6 Å². The van der Waals surface area contributed by atoms with E-state index in [0.717, 1.165) is 28.1 Å². The van der Waals surface area contributed by atoms with Gasteiger partial charge in [-0.15, -0.1) is 0 Å². The molecule has 6 heteroatoms. The van der Waals surface area contributed by atoms with E-state index in [4.69, 9.17) is 4.74 Å². The summed E-state index contributed by atoms with van der Waals surface area (Å²) in [7, 11) is 1.66. The van der Waals surface area contributed by atoms with Crippen LogP contribution < -0.4 is 0 Å². The minimum Gasteiger partial charge on any atom is -0.387 e. The summed E-state index contributed by atoms with van der Waals surface area (Å²) < 4.78 is 7.69. The monoisotopic (exact) mass is 322 g/mol. The molecule has 1 N–H and O–H groups in total. The van der Waals surface area contributed by atoms with Gasteiger partial charge in [0.15, 0.2) is 0 Å². The maximum Gasteiger partial charge on any atom is 0.0976 e. The van der Waals surface area contributed by atoms with E-state index in [-0.39, 0.29) is 0 Å². The minimum atomic E-state index is -0.470. The summed E-state index contributed by atoms with van der Waals surface area (Å²) in [6.45, 7) is 3.38. The van der Waals surface area contributed by atoms with Crippen molar-refractivity contribution >= 4 is 27.7 Å². The average Bonchev–Trinajstić information content (AvgIpc) is 2.68. The topological polar surface area (TPSA) is 47.3 Å². The molecule has 1 rings (SSSR count). The Labute approximate surface area is 115 Å². The van der Waals surface area contributed by atoms with Gasteiger partial charge in [-0.05, 0) is 33.9 Å². The van der Waals surface area contributed by atoms with E-state index >= 15 is 0 Å². The number of rotatable bonds is 8. The van der Waals surface area contributed by atoms with Gasteiger partial charge in [-0.2, -0.15) is 16.9 Å². The number of halogens is 1. The lowest BCUT2D eigenvalue weighted by molar-refractivity contribution is 0.150. The van der Waals surface area contributed by atoms with E-state index in [1.165, 1.54) is 0 Å². The largest absolute Gasteiger partial charge is 0.387 e. The lowest BCUT2D eigenvalue weighted by Crippen LogP contribution is -2.13. The maximum absolute atomic E-state index is 10.2. The highest BCUT2D eigenvalue weighted by Crippen LogP contribution is 2.26. The first kappa shape index (κ1) is 15.0. The number of hydrogen-bond donors (Lipinski definition) is 1. The standard InChI is InChI=1S/C11H19BrN2O2S/c1-3-17-7-4-10(15)11-9(12)8-13-14(11)5-6-16-2/h8,10,15H,3-7H2,1-2H3. The van der Waals surface area contributed by atoms with Crippen LogP contribution in [-0.2, 0) is 11.3 Å². The molecule has 1 aromatic rings. The molecule has 0 saturated heterocycles. The van der Waals surface area contributed by atoms with E-state index in [1.807, 2.05) is 11.8 Å². The van der Waals surface area contributed by atoms with Gasteiger partial charge in [0, 0.05) is 7.11 Å². The first-order valence-corrected chi connectivity index (χ1v) is 7.61. The van der Waals surface area contributed by atoms with Gasteiger partial charge in [-0.1, -0.05) is 6.92 Å². The van der Waals surface area contributed by atoms with E-state index < -0.39 is 6.10 Å². The van der Waals surface area contributed by atoms with Crippen LogP contribution in [0.3, 0.4) is 0 Å². The van der Waals surface area contributed by atoms with Crippen LogP contribution in [0, 0.1) is 0 Å². The lowest BCUT2D eigenvalue weighted by atomic mass is 10.2. The Kier molecular flexibility index (Phi) is 7.18. The molecule has 1 atom stereocenters. The Morgan fingerprint density at radius 2 is 2.41 bits per heavy atom. The third-order valence-electron chi connectivity index (χ3n) is 2.40. The number of methoxy groups -OCH3 is 1. The van der Waals surface area contributed by atoms with E-state index in [1.54, 1.807) is 18.0 Å². The SMILES string of the molecule is CCSCCC(O)c1c(Br)cnn1CCOC. The summed E-state index contributed by atoms with van der Waals surface area (Å²) in [6, 6.07) is 0. The molecule has 98 valence electrons. The van der Waals surface area contributed by atoms with E-state index in [0.29, 0.717) is 13.2 Å². The molecule has 0 aromatic carbocycles. The molecule has 17 heavy (non-hydrogen) atoms.